The molecule has 0 N–H and O–H groups in total. The maximum atomic E-state index is 11.6. The van der Waals surface area contributed by atoms with E-state index in [1.54, 1.807) is 6.92 Å². The Hall–Kier alpha value is -2.88. The second-order valence-electron chi connectivity index (χ2n) is 6.75. The van der Waals surface area contributed by atoms with Gasteiger partial charge in [0.1, 0.15) is 0 Å². The summed E-state index contributed by atoms with van der Waals surface area (Å²) in [6, 6.07) is 16.4. The van der Waals surface area contributed by atoms with Crippen LogP contribution < -0.4 is 4.90 Å². The van der Waals surface area contributed by atoms with Crippen LogP contribution in [-0.4, -0.2) is 15.6 Å². The minimum Gasteiger partial charge on any atom is -0.361 e. The van der Waals surface area contributed by atoms with E-state index in [-0.39, 0.29) is 5.78 Å². The zero-order valence-corrected chi connectivity index (χ0v) is 14.6. The molecule has 1 aliphatic heterocycles. The monoisotopic (exact) mass is 331 g/mol. The largest absolute Gasteiger partial charge is 0.361 e. The fraction of sp³-hybridized carbons (Fsp3) is 0.238. The molecule has 4 nitrogen and oxygen atoms in total. The summed E-state index contributed by atoms with van der Waals surface area (Å²) in [5, 5.41) is 4.75. The third-order valence-corrected chi connectivity index (χ3v) is 4.71. The molecule has 0 atom stereocenters. The van der Waals surface area contributed by atoms with E-state index in [2.05, 4.69) is 48.4 Å². The molecular weight excluding hydrogens is 310 g/mol. The van der Waals surface area contributed by atoms with Crippen molar-refractivity contribution in [3.05, 3.63) is 82.7 Å². The lowest BCUT2D eigenvalue weighted by Gasteiger charge is -2.18. The van der Waals surface area contributed by atoms with Gasteiger partial charge in [-0.3, -0.25) is 9.48 Å². The summed E-state index contributed by atoms with van der Waals surface area (Å²) in [4.78, 5) is 13.8. The van der Waals surface area contributed by atoms with E-state index in [1.165, 1.54) is 16.7 Å². The molecule has 0 radical (unpaired) electrons. The highest BCUT2D eigenvalue weighted by atomic mass is 16.1. The highest BCUT2D eigenvalue weighted by Gasteiger charge is 2.23. The molecule has 4 rings (SSSR count). The number of hydrogen-bond acceptors (Lipinski definition) is 3. The Morgan fingerprint density at radius 3 is 2.64 bits per heavy atom. The average Bonchev–Trinajstić information content (AvgIpc) is 3.15. The van der Waals surface area contributed by atoms with E-state index >= 15 is 0 Å². The van der Waals surface area contributed by atoms with Gasteiger partial charge in [-0.05, 0) is 31.5 Å². The normalized spacial score (nSPS) is 13.1. The van der Waals surface area contributed by atoms with Crippen molar-refractivity contribution in [3.63, 3.8) is 0 Å². The topological polar surface area (TPSA) is 38.1 Å². The van der Waals surface area contributed by atoms with Gasteiger partial charge in [-0.2, -0.15) is 5.10 Å². The lowest BCUT2D eigenvalue weighted by atomic mass is 10.1. The molecule has 0 saturated carbocycles. The molecular formula is C21H21N3O. The maximum absolute atomic E-state index is 11.6. The van der Waals surface area contributed by atoms with E-state index in [0.29, 0.717) is 0 Å². The highest BCUT2D eigenvalue weighted by molar-refractivity contribution is 5.95. The highest BCUT2D eigenvalue weighted by Crippen LogP contribution is 2.28. The average molecular weight is 331 g/mol. The zero-order valence-electron chi connectivity index (χ0n) is 14.6. The second kappa shape index (κ2) is 6.20. The van der Waals surface area contributed by atoms with Crippen LogP contribution in [0.3, 0.4) is 0 Å². The first-order chi connectivity index (χ1) is 12.1. The number of benzene rings is 2. The van der Waals surface area contributed by atoms with Crippen LogP contribution in [0.15, 0.2) is 54.7 Å². The van der Waals surface area contributed by atoms with Crippen LogP contribution in [0.1, 0.15) is 39.7 Å². The van der Waals surface area contributed by atoms with Gasteiger partial charge < -0.3 is 4.90 Å². The molecule has 2 aromatic carbocycles. The first-order valence-electron chi connectivity index (χ1n) is 8.55. The number of aryl methyl sites for hydroxylation is 1. The number of aromatic nitrogens is 2. The summed E-state index contributed by atoms with van der Waals surface area (Å²) in [7, 11) is 0. The number of rotatable bonds is 4. The number of ketones is 1. The van der Waals surface area contributed by atoms with Crippen molar-refractivity contribution in [2.75, 3.05) is 4.90 Å². The molecule has 1 aromatic heterocycles. The number of anilines is 1. The third kappa shape index (κ3) is 3.20. The van der Waals surface area contributed by atoms with Gasteiger partial charge in [0.2, 0.25) is 0 Å². The molecule has 4 heteroatoms. The smallest absolute Gasteiger partial charge is 0.159 e. The molecule has 0 aliphatic carbocycles. The lowest BCUT2D eigenvalue weighted by molar-refractivity contribution is 0.101. The van der Waals surface area contributed by atoms with Crippen LogP contribution in [0.5, 0.6) is 0 Å². The van der Waals surface area contributed by atoms with Crippen LogP contribution in [0.2, 0.25) is 0 Å². The molecule has 126 valence electrons. The van der Waals surface area contributed by atoms with Gasteiger partial charge in [0.05, 0.1) is 18.8 Å². The predicted octanol–water partition coefficient (Wildman–Crippen LogP) is 3.96. The minimum atomic E-state index is 0.0991. The van der Waals surface area contributed by atoms with Gasteiger partial charge in [0.15, 0.2) is 5.78 Å². The Bertz CT molecular complexity index is 901. The van der Waals surface area contributed by atoms with Gasteiger partial charge in [0.25, 0.3) is 0 Å². The van der Waals surface area contributed by atoms with Crippen molar-refractivity contribution in [2.45, 2.75) is 33.5 Å². The van der Waals surface area contributed by atoms with Crippen LogP contribution in [0.25, 0.3) is 0 Å². The zero-order chi connectivity index (χ0) is 17.4. The first-order valence-corrected chi connectivity index (χ1v) is 8.55. The molecule has 3 aromatic rings. The standard InChI is InChI=1S/C21H21N3O/c1-15-6-8-17(9-7-15)11-24-13-19-12-23(14-21(19)22-24)20-5-3-4-18(10-20)16(2)25/h3-10,13H,11-12,14H2,1-2H3. The fourth-order valence-corrected chi connectivity index (χ4v) is 3.28. The number of nitrogens with zero attached hydrogens (tertiary/aromatic N) is 3. The second-order valence-corrected chi connectivity index (χ2v) is 6.75. The number of Topliss-reactive ketones (excluding diaryl/α,β-unsaturated/α-hetero) is 1. The summed E-state index contributed by atoms with van der Waals surface area (Å²) >= 11 is 0. The molecule has 0 amide bonds. The molecule has 0 unspecified atom stereocenters. The van der Waals surface area contributed by atoms with Crippen molar-refractivity contribution in [1.29, 1.82) is 0 Å². The van der Waals surface area contributed by atoms with E-state index in [4.69, 9.17) is 5.10 Å². The summed E-state index contributed by atoms with van der Waals surface area (Å²) < 4.78 is 2.03. The fourth-order valence-electron chi connectivity index (χ4n) is 3.28. The van der Waals surface area contributed by atoms with E-state index in [1.807, 2.05) is 22.9 Å². The number of carbonyl (C=O) groups is 1. The van der Waals surface area contributed by atoms with Gasteiger partial charge in [-0.15, -0.1) is 0 Å². The predicted molar refractivity (Wildman–Crippen MR) is 98.8 cm³/mol. The van der Waals surface area contributed by atoms with Crippen molar-refractivity contribution in [3.8, 4) is 0 Å². The molecule has 2 heterocycles. The SMILES string of the molecule is CC(=O)c1cccc(N2Cc3cn(Cc4ccc(C)cc4)nc3C2)c1. The van der Waals surface area contributed by atoms with Crippen LogP contribution >= 0.6 is 0 Å². The van der Waals surface area contributed by atoms with Gasteiger partial charge in [0, 0.05) is 29.6 Å². The third-order valence-electron chi connectivity index (χ3n) is 4.71. The van der Waals surface area contributed by atoms with Crippen LogP contribution in [-0.2, 0) is 19.6 Å². The molecule has 0 fully saturated rings. The number of fused-ring (bicyclic) bond motifs is 1. The quantitative estimate of drug-likeness (QED) is 0.679. The molecule has 1 aliphatic rings. The van der Waals surface area contributed by atoms with Crippen molar-refractivity contribution < 1.29 is 4.79 Å². The van der Waals surface area contributed by atoms with E-state index in [9.17, 15) is 4.79 Å². The van der Waals surface area contributed by atoms with Crippen molar-refractivity contribution in [1.82, 2.24) is 9.78 Å². The minimum absolute atomic E-state index is 0.0991. The Morgan fingerprint density at radius 1 is 1.12 bits per heavy atom. The Balaban J connectivity index is 1.49. The maximum Gasteiger partial charge on any atom is 0.159 e. The van der Waals surface area contributed by atoms with Gasteiger partial charge in [-0.1, -0.05) is 42.0 Å². The first kappa shape index (κ1) is 15.6. The summed E-state index contributed by atoms with van der Waals surface area (Å²) in [5.74, 6) is 0.0991. The molecule has 0 bridgehead atoms. The Kier molecular flexibility index (Phi) is 3.88. The molecule has 25 heavy (non-hydrogen) atoms. The molecule has 0 saturated heterocycles. The van der Waals surface area contributed by atoms with Gasteiger partial charge >= 0.3 is 0 Å². The van der Waals surface area contributed by atoms with Crippen molar-refractivity contribution in [2.24, 2.45) is 0 Å². The number of hydrogen-bond donors (Lipinski definition) is 0. The van der Waals surface area contributed by atoms with Gasteiger partial charge in [-0.25, -0.2) is 0 Å². The Labute approximate surface area is 147 Å². The number of carbonyl (C=O) groups excluding carboxylic acids is 1. The van der Waals surface area contributed by atoms with E-state index < -0.39 is 0 Å². The summed E-state index contributed by atoms with van der Waals surface area (Å²) in [6.07, 6.45) is 2.14. The molecule has 0 spiro atoms. The van der Waals surface area contributed by atoms with E-state index in [0.717, 1.165) is 36.6 Å². The van der Waals surface area contributed by atoms with Crippen molar-refractivity contribution >= 4 is 11.5 Å². The lowest BCUT2D eigenvalue weighted by Crippen LogP contribution is -2.16. The van der Waals surface area contributed by atoms with Crippen LogP contribution in [0, 0.1) is 6.92 Å². The summed E-state index contributed by atoms with van der Waals surface area (Å²) in [5.41, 5.74) is 6.76. The Morgan fingerprint density at radius 2 is 1.92 bits per heavy atom. The van der Waals surface area contributed by atoms with Crippen LogP contribution in [0.4, 0.5) is 5.69 Å². The summed E-state index contributed by atoms with van der Waals surface area (Å²) in [6.45, 7) is 6.13.